The number of rotatable bonds is 6. The van der Waals surface area contributed by atoms with Gasteiger partial charge in [0, 0.05) is 0 Å². The molecule has 0 heterocycles. The van der Waals surface area contributed by atoms with Crippen molar-refractivity contribution in [1.82, 2.24) is 0 Å². The second kappa shape index (κ2) is 6.73. The molecular weight excluding hydrogens is 192 g/mol. The molecule has 1 rings (SSSR count). The fourth-order valence-corrected chi connectivity index (χ4v) is 2.23. The Balaban J connectivity index is 2.40. The van der Waals surface area contributed by atoms with Gasteiger partial charge in [0.2, 0.25) is 0 Å². The Morgan fingerprint density at radius 1 is 0.938 bits per heavy atom. The molecule has 0 fully saturated rings. The molecule has 90 valence electrons. The van der Waals surface area contributed by atoms with E-state index in [1.54, 1.807) is 0 Å². The van der Waals surface area contributed by atoms with Gasteiger partial charge in [0.05, 0.1) is 0 Å². The van der Waals surface area contributed by atoms with Crippen LogP contribution in [0.25, 0.3) is 0 Å². The van der Waals surface area contributed by atoms with Crippen LogP contribution in [-0.4, -0.2) is 0 Å². The van der Waals surface area contributed by atoms with Crippen molar-refractivity contribution in [3.8, 4) is 0 Å². The van der Waals surface area contributed by atoms with E-state index in [2.05, 4.69) is 52.0 Å². The van der Waals surface area contributed by atoms with Crippen LogP contribution in [0, 0.1) is 12.8 Å². The van der Waals surface area contributed by atoms with Crippen molar-refractivity contribution in [3.63, 3.8) is 0 Å². The summed E-state index contributed by atoms with van der Waals surface area (Å²) in [6.07, 6.45) is 5.38. The molecule has 0 aromatic heterocycles. The first kappa shape index (κ1) is 13.3. The van der Waals surface area contributed by atoms with Gasteiger partial charge in [0.1, 0.15) is 0 Å². The highest BCUT2D eigenvalue weighted by Gasteiger charge is 2.07. The van der Waals surface area contributed by atoms with E-state index in [0.29, 0.717) is 5.92 Å². The maximum Gasteiger partial charge on any atom is -0.0190 e. The van der Waals surface area contributed by atoms with E-state index < -0.39 is 0 Å². The summed E-state index contributed by atoms with van der Waals surface area (Å²) >= 11 is 0. The van der Waals surface area contributed by atoms with Crippen LogP contribution in [0.5, 0.6) is 0 Å². The molecule has 0 saturated carbocycles. The highest BCUT2D eigenvalue weighted by Crippen LogP contribution is 2.24. The van der Waals surface area contributed by atoms with Crippen LogP contribution in [-0.2, 0) is 0 Å². The first-order chi connectivity index (χ1) is 7.63. The topological polar surface area (TPSA) is 0 Å². The van der Waals surface area contributed by atoms with Gasteiger partial charge in [-0.05, 0) is 30.7 Å². The number of hydrogen-bond acceptors (Lipinski definition) is 0. The van der Waals surface area contributed by atoms with Crippen molar-refractivity contribution in [2.24, 2.45) is 5.92 Å². The van der Waals surface area contributed by atoms with Gasteiger partial charge in [0.25, 0.3) is 0 Å². The summed E-state index contributed by atoms with van der Waals surface area (Å²) in [4.78, 5) is 0. The van der Waals surface area contributed by atoms with Crippen molar-refractivity contribution in [1.29, 1.82) is 0 Å². The third-order valence-corrected chi connectivity index (χ3v) is 3.52. The minimum absolute atomic E-state index is 0.708. The molecule has 0 spiro atoms. The summed E-state index contributed by atoms with van der Waals surface area (Å²) in [5.41, 5.74) is 2.85. The molecule has 0 saturated heterocycles. The van der Waals surface area contributed by atoms with Crippen LogP contribution < -0.4 is 0 Å². The molecule has 0 N–H and O–H groups in total. The average Bonchev–Trinajstić information content (AvgIpc) is 2.27. The molecule has 0 heteroatoms. The quantitative estimate of drug-likeness (QED) is 0.606. The lowest BCUT2D eigenvalue weighted by Gasteiger charge is -2.15. The van der Waals surface area contributed by atoms with E-state index in [1.807, 2.05) is 0 Å². The number of hydrogen-bond donors (Lipinski definition) is 0. The van der Waals surface area contributed by atoms with E-state index in [4.69, 9.17) is 0 Å². The van der Waals surface area contributed by atoms with E-state index in [-0.39, 0.29) is 0 Å². The summed E-state index contributed by atoms with van der Waals surface area (Å²) in [5, 5.41) is 0. The minimum Gasteiger partial charge on any atom is -0.0654 e. The Kier molecular flexibility index (Phi) is 5.59. The van der Waals surface area contributed by atoms with Crippen molar-refractivity contribution < 1.29 is 0 Å². The normalized spacial score (nSPS) is 14.8. The monoisotopic (exact) mass is 218 g/mol. The first-order valence-electron chi connectivity index (χ1n) is 6.70. The molecule has 0 amide bonds. The lowest BCUT2D eigenvalue weighted by Crippen LogP contribution is -1.99. The third kappa shape index (κ3) is 4.38. The Hall–Kier alpha value is -0.780. The van der Waals surface area contributed by atoms with Gasteiger partial charge in [-0.3, -0.25) is 0 Å². The average molecular weight is 218 g/mol. The lowest BCUT2D eigenvalue weighted by atomic mass is 9.90. The van der Waals surface area contributed by atoms with Crippen molar-refractivity contribution in [2.45, 2.75) is 59.3 Å². The molecule has 0 aliphatic rings. The lowest BCUT2D eigenvalue weighted by molar-refractivity contribution is 0.449. The Morgan fingerprint density at radius 3 is 2.12 bits per heavy atom. The van der Waals surface area contributed by atoms with Gasteiger partial charge in [-0.25, -0.2) is 0 Å². The van der Waals surface area contributed by atoms with Crippen LogP contribution in [0.2, 0.25) is 0 Å². The van der Waals surface area contributed by atoms with E-state index in [0.717, 1.165) is 5.92 Å². The van der Waals surface area contributed by atoms with E-state index >= 15 is 0 Å². The predicted octanol–water partition coefficient (Wildman–Crippen LogP) is 5.31. The molecule has 0 nitrogen and oxygen atoms in total. The minimum atomic E-state index is 0.708. The Labute approximate surface area is 101 Å². The van der Waals surface area contributed by atoms with Gasteiger partial charge in [-0.2, -0.15) is 0 Å². The van der Waals surface area contributed by atoms with Crippen LogP contribution in [0.4, 0.5) is 0 Å². The Morgan fingerprint density at radius 2 is 1.56 bits per heavy atom. The predicted molar refractivity (Wildman–Crippen MR) is 72.9 cm³/mol. The maximum absolute atomic E-state index is 2.38. The van der Waals surface area contributed by atoms with Crippen molar-refractivity contribution in [2.75, 3.05) is 0 Å². The second-order valence-electron chi connectivity index (χ2n) is 5.28. The van der Waals surface area contributed by atoms with Gasteiger partial charge in [0.15, 0.2) is 0 Å². The molecule has 0 radical (unpaired) electrons. The summed E-state index contributed by atoms with van der Waals surface area (Å²) in [6.45, 7) is 9.16. The molecule has 0 aliphatic carbocycles. The van der Waals surface area contributed by atoms with Gasteiger partial charge < -0.3 is 0 Å². The first-order valence-corrected chi connectivity index (χ1v) is 6.70. The van der Waals surface area contributed by atoms with Crippen LogP contribution in [0.15, 0.2) is 24.3 Å². The fourth-order valence-electron chi connectivity index (χ4n) is 2.23. The Bertz CT molecular complexity index is 283. The summed E-state index contributed by atoms with van der Waals surface area (Å²) < 4.78 is 0. The molecule has 0 bridgehead atoms. The highest BCUT2D eigenvalue weighted by molar-refractivity contribution is 5.23. The van der Waals surface area contributed by atoms with Crippen LogP contribution in [0.1, 0.15) is 63.5 Å². The van der Waals surface area contributed by atoms with E-state index in [1.165, 1.54) is 36.8 Å². The molecule has 16 heavy (non-hydrogen) atoms. The van der Waals surface area contributed by atoms with E-state index in [9.17, 15) is 0 Å². The smallest absolute Gasteiger partial charge is 0.0190 e. The molecule has 1 aromatic rings. The maximum atomic E-state index is 2.38. The summed E-state index contributed by atoms with van der Waals surface area (Å²) in [7, 11) is 0. The zero-order chi connectivity index (χ0) is 12.0. The third-order valence-electron chi connectivity index (χ3n) is 3.52. The molecule has 2 atom stereocenters. The van der Waals surface area contributed by atoms with Gasteiger partial charge in [-0.1, -0.05) is 69.9 Å². The molecule has 0 aliphatic heterocycles. The van der Waals surface area contributed by atoms with Crippen LogP contribution in [0.3, 0.4) is 0 Å². The molecule has 1 aromatic carbocycles. The summed E-state index contributed by atoms with van der Waals surface area (Å²) in [6, 6.07) is 9.01. The summed E-state index contributed by atoms with van der Waals surface area (Å²) in [5.74, 6) is 1.60. The van der Waals surface area contributed by atoms with Crippen molar-refractivity contribution in [3.05, 3.63) is 35.4 Å². The zero-order valence-electron chi connectivity index (χ0n) is 11.3. The number of aryl methyl sites for hydroxylation is 1. The van der Waals surface area contributed by atoms with Gasteiger partial charge in [-0.15, -0.1) is 0 Å². The molecular formula is C16H26. The zero-order valence-corrected chi connectivity index (χ0v) is 11.3. The SMILES string of the molecule is CCC[C@@H](C)CC[C@H](C)c1ccc(C)cc1. The highest BCUT2D eigenvalue weighted by atomic mass is 14.1. The molecule has 0 unspecified atom stereocenters. The standard InChI is InChI=1S/C16H26/c1-5-6-13(2)7-10-15(4)16-11-8-14(3)9-12-16/h8-9,11-13,15H,5-7,10H2,1-4H3/t13-,15+/m1/s1. The van der Waals surface area contributed by atoms with Crippen molar-refractivity contribution >= 4 is 0 Å². The number of benzene rings is 1. The second-order valence-corrected chi connectivity index (χ2v) is 5.28. The van der Waals surface area contributed by atoms with Gasteiger partial charge >= 0.3 is 0 Å². The fraction of sp³-hybridized carbons (Fsp3) is 0.625. The van der Waals surface area contributed by atoms with Crippen LogP contribution >= 0.6 is 0 Å². The largest absolute Gasteiger partial charge is 0.0654 e.